The van der Waals surface area contributed by atoms with Crippen molar-refractivity contribution in [1.82, 2.24) is 0 Å². The molecule has 70 valence electrons. The molecule has 1 aromatic carbocycles. The van der Waals surface area contributed by atoms with Crippen LogP contribution < -0.4 is 0 Å². The van der Waals surface area contributed by atoms with Crippen molar-refractivity contribution in [3.63, 3.8) is 0 Å². The zero-order valence-electron chi connectivity index (χ0n) is 6.64. The maximum atomic E-state index is 11.3. The molecule has 0 amide bonds. The first-order valence-corrected chi connectivity index (χ1v) is 6.05. The summed E-state index contributed by atoms with van der Waals surface area (Å²) >= 11 is 12.2. The molecule has 1 aromatic rings. The summed E-state index contributed by atoms with van der Waals surface area (Å²) in [5, 5.41) is 1.03. The van der Waals surface area contributed by atoms with Crippen LogP contribution in [0.5, 0.6) is 0 Å². The Kier molecular flexibility index (Phi) is 4.42. The van der Waals surface area contributed by atoms with Gasteiger partial charge in [-0.05, 0) is 17.7 Å². The third-order valence-electron chi connectivity index (χ3n) is 1.58. The van der Waals surface area contributed by atoms with E-state index < -0.39 is 0 Å². The molecule has 0 aliphatic rings. The molecule has 0 aliphatic carbocycles. The highest BCUT2D eigenvalue weighted by Gasteiger charge is 2.14. The van der Waals surface area contributed by atoms with Gasteiger partial charge in [0.05, 0.1) is 10.2 Å². The standard InChI is InChI=1S/C9H7Br2ClO/c10-5-8(13)9(11)6-1-3-7(12)4-2-6/h1-4,9H,5H2. The second-order valence-corrected chi connectivity index (χ2v) is 4.43. The first kappa shape index (κ1) is 11.2. The first-order valence-electron chi connectivity index (χ1n) is 3.63. The molecule has 0 spiro atoms. The number of benzene rings is 1. The second kappa shape index (κ2) is 5.13. The molecule has 1 unspecified atom stereocenters. The summed E-state index contributed by atoms with van der Waals surface area (Å²) in [6.07, 6.45) is 0. The highest BCUT2D eigenvalue weighted by molar-refractivity contribution is 9.10. The molecule has 0 bridgehead atoms. The summed E-state index contributed by atoms with van der Waals surface area (Å²) in [5.74, 6) is 0.0994. The van der Waals surface area contributed by atoms with Crippen molar-refractivity contribution < 1.29 is 4.79 Å². The van der Waals surface area contributed by atoms with Crippen molar-refractivity contribution in [2.45, 2.75) is 4.83 Å². The zero-order chi connectivity index (χ0) is 9.84. The zero-order valence-corrected chi connectivity index (χ0v) is 10.6. The molecule has 0 saturated carbocycles. The van der Waals surface area contributed by atoms with Crippen LogP contribution in [-0.4, -0.2) is 11.1 Å². The smallest absolute Gasteiger partial charge is 0.161 e. The van der Waals surface area contributed by atoms with Gasteiger partial charge in [0.25, 0.3) is 0 Å². The number of hydrogen-bond acceptors (Lipinski definition) is 1. The first-order chi connectivity index (χ1) is 6.15. The highest BCUT2D eigenvalue weighted by atomic mass is 79.9. The van der Waals surface area contributed by atoms with Crippen LogP contribution in [0.15, 0.2) is 24.3 Å². The van der Waals surface area contributed by atoms with Gasteiger partial charge in [0, 0.05) is 5.02 Å². The quantitative estimate of drug-likeness (QED) is 0.773. The molecular weight excluding hydrogens is 319 g/mol. The van der Waals surface area contributed by atoms with Crippen molar-refractivity contribution in [2.75, 3.05) is 5.33 Å². The summed E-state index contributed by atoms with van der Waals surface area (Å²) in [4.78, 5) is 11.0. The van der Waals surface area contributed by atoms with Crippen molar-refractivity contribution in [2.24, 2.45) is 0 Å². The predicted molar refractivity (Wildman–Crippen MR) is 61.9 cm³/mol. The van der Waals surface area contributed by atoms with Crippen LogP contribution in [0.2, 0.25) is 5.02 Å². The SMILES string of the molecule is O=C(CBr)C(Br)c1ccc(Cl)cc1. The van der Waals surface area contributed by atoms with E-state index in [9.17, 15) is 4.79 Å². The van der Waals surface area contributed by atoms with Crippen molar-refractivity contribution in [1.29, 1.82) is 0 Å². The van der Waals surface area contributed by atoms with E-state index in [1.165, 1.54) is 0 Å². The molecule has 1 atom stereocenters. The Morgan fingerprint density at radius 1 is 1.38 bits per heavy atom. The number of rotatable bonds is 3. The summed E-state index contributed by atoms with van der Waals surface area (Å²) in [7, 11) is 0. The lowest BCUT2D eigenvalue weighted by molar-refractivity contribution is -0.116. The Hall–Kier alpha value is 0.140. The summed E-state index contributed by atoms with van der Waals surface area (Å²) in [6, 6.07) is 7.21. The van der Waals surface area contributed by atoms with Gasteiger partial charge in [-0.15, -0.1) is 0 Å². The van der Waals surface area contributed by atoms with Crippen molar-refractivity contribution in [3.05, 3.63) is 34.9 Å². The van der Waals surface area contributed by atoms with Gasteiger partial charge in [-0.3, -0.25) is 4.79 Å². The maximum Gasteiger partial charge on any atom is 0.161 e. The van der Waals surface area contributed by atoms with Gasteiger partial charge in [0.15, 0.2) is 5.78 Å². The van der Waals surface area contributed by atoms with Gasteiger partial charge in [0.1, 0.15) is 0 Å². The minimum atomic E-state index is -0.246. The molecule has 0 aliphatic heterocycles. The van der Waals surface area contributed by atoms with Gasteiger partial charge >= 0.3 is 0 Å². The lowest BCUT2D eigenvalue weighted by atomic mass is 10.1. The van der Waals surface area contributed by atoms with E-state index in [2.05, 4.69) is 31.9 Å². The van der Waals surface area contributed by atoms with Crippen LogP contribution in [0, 0.1) is 0 Å². The predicted octanol–water partition coefficient (Wildman–Crippen LogP) is 3.74. The number of ketones is 1. The van der Waals surface area contributed by atoms with E-state index in [1.54, 1.807) is 12.1 Å². The van der Waals surface area contributed by atoms with Gasteiger partial charge in [-0.25, -0.2) is 0 Å². The Balaban J connectivity index is 2.83. The van der Waals surface area contributed by atoms with E-state index >= 15 is 0 Å². The number of hydrogen-bond donors (Lipinski definition) is 0. The number of Topliss-reactive ketones (excluding diaryl/α,β-unsaturated/α-hetero) is 1. The fourth-order valence-corrected chi connectivity index (χ4v) is 2.24. The fraction of sp³-hybridized carbons (Fsp3) is 0.222. The molecule has 1 rings (SSSR count). The number of halogens is 3. The van der Waals surface area contributed by atoms with E-state index in [1.807, 2.05) is 12.1 Å². The van der Waals surface area contributed by atoms with Gasteiger partial charge in [0.2, 0.25) is 0 Å². The molecule has 0 fully saturated rings. The van der Waals surface area contributed by atoms with Crippen LogP contribution in [-0.2, 0) is 4.79 Å². The third kappa shape index (κ3) is 3.08. The van der Waals surface area contributed by atoms with Crippen LogP contribution in [0.1, 0.15) is 10.4 Å². The number of carbonyl (C=O) groups is 1. The minimum Gasteiger partial charge on any atom is -0.297 e. The van der Waals surface area contributed by atoms with E-state index in [0.717, 1.165) is 5.56 Å². The molecule has 0 radical (unpaired) electrons. The van der Waals surface area contributed by atoms with Gasteiger partial charge < -0.3 is 0 Å². The third-order valence-corrected chi connectivity index (χ3v) is 3.42. The van der Waals surface area contributed by atoms with Crippen LogP contribution in [0.3, 0.4) is 0 Å². The fourth-order valence-electron chi connectivity index (χ4n) is 0.885. The van der Waals surface area contributed by atoms with Crippen molar-refractivity contribution in [3.8, 4) is 0 Å². The van der Waals surface area contributed by atoms with Crippen molar-refractivity contribution >= 4 is 49.2 Å². The van der Waals surface area contributed by atoms with Gasteiger partial charge in [-0.1, -0.05) is 55.6 Å². The van der Waals surface area contributed by atoms with E-state index in [0.29, 0.717) is 10.4 Å². The molecule has 13 heavy (non-hydrogen) atoms. The molecule has 4 heteroatoms. The lowest BCUT2D eigenvalue weighted by Gasteiger charge is -2.06. The molecule has 1 nitrogen and oxygen atoms in total. The minimum absolute atomic E-state index is 0.0994. The van der Waals surface area contributed by atoms with Crippen LogP contribution in [0.4, 0.5) is 0 Å². The average Bonchev–Trinajstić information content (AvgIpc) is 2.17. The largest absolute Gasteiger partial charge is 0.297 e. The second-order valence-electron chi connectivity index (χ2n) is 2.51. The van der Waals surface area contributed by atoms with E-state index in [4.69, 9.17) is 11.6 Å². The van der Waals surface area contributed by atoms with Crippen LogP contribution >= 0.6 is 43.5 Å². The average molecular weight is 326 g/mol. The molecule has 0 aromatic heterocycles. The Bertz CT molecular complexity index is 297. The lowest BCUT2D eigenvalue weighted by Crippen LogP contribution is -2.06. The molecule has 0 saturated heterocycles. The number of alkyl halides is 2. The monoisotopic (exact) mass is 324 g/mol. The molecular formula is C9H7Br2ClO. The topological polar surface area (TPSA) is 17.1 Å². The Morgan fingerprint density at radius 2 is 1.92 bits per heavy atom. The summed E-state index contributed by atoms with van der Waals surface area (Å²) in [5.41, 5.74) is 0.925. The Morgan fingerprint density at radius 3 is 2.38 bits per heavy atom. The highest BCUT2D eigenvalue weighted by Crippen LogP contribution is 2.25. The maximum absolute atomic E-state index is 11.3. The molecule has 0 N–H and O–H groups in total. The Labute approximate surface area is 98.7 Å². The van der Waals surface area contributed by atoms with Gasteiger partial charge in [-0.2, -0.15) is 0 Å². The molecule has 0 heterocycles. The van der Waals surface area contributed by atoms with Crippen LogP contribution in [0.25, 0.3) is 0 Å². The summed E-state index contributed by atoms with van der Waals surface area (Å²) in [6.45, 7) is 0. The normalized spacial score (nSPS) is 12.5. The number of carbonyl (C=O) groups excluding carboxylic acids is 1. The summed E-state index contributed by atoms with van der Waals surface area (Å²) < 4.78 is 0. The van der Waals surface area contributed by atoms with E-state index in [-0.39, 0.29) is 10.6 Å².